The fourth-order valence-electron chi connectivity index (χ4n) is 3.06. The molecule has 0 unspecified atom stereocenters. The molecule has 1 aliphatic carbocycles. The van der Waals surface area contributed by atoms with Gasteiger partial charge in [0.15, 0.2) is 5.76 Å². The highest BCUT2D eigenvalue weighted by atomic mass is 16.5. The van der Waals surface area contributed by atoms with Crippen LogP contribution in [0.25, 0.3) is 0 Å². The molecular weight excluding hydrogens is 306 g/mol. The summed E-state index contributed by atoms with van der Waals surface area (Å²) in [6.07, 6.45) is 5.15. The molecule has 1 aliphatic rings. The highest BCUT2D eigenvalue weighted by Crippen LogP contribution is 2.21. The summed E-state index contributed by atoms with van der Waals surface area (Å²) in [6, 6.07) is -0.279. The van der Waals surface area contributed by atoms with Crippen molar-refractivity contribution >= 4 is 11.7 Å². The fraction of sp³-hybridized carbons (Fsp3) is 0.529. The van der Waals surface area contributed by atoms with Crippen molar-refractivity contribution in [1.29, 1.82) is 0 Å². The molecule has 0 saturated carbocycles. The van der Waals surface area contributed by atoms with Crippen LogP contribution in [0, 0.1) is 20.8 Å². The fourth-order valence-corrected chi connectivity index (χ4v) is 3.06. The van der Waals surface area contributed by atoms with Crippen molar-refractivity contribution in [1.82, 2.24) is 20.4 Å². The molecule has 3 rings (SSSR count). The zero-order valence-electron chi connectivity index (χ0n) is 14.4. The minimum absolute atomic E-state index is 0.279. The van der Waals surface area contributed by atoms with Gasteiger partial charge in [-0.2, -0.15) is 0 Å². The molecule has 128 valence electrons. The van der Waals surface area contributed by atoms with E-state index in [1.54, 1.807) is 13.8 Å². The molecule has 0 fully saturated rings. The van der Waals surface area contributed by atoms with E-state index in [9.17, 15) is 4.79 Å². The van der Waals surface area contributed by atoms with Gasteiger partial charge in [0.2, 0.25) is 0 Å². The van der Waals surface area contributed by atoms with Crippen LogP contribution in [0.5, 0.6) is 0 Å². The first-order valence-corrected chi connectivity index (χ1v) is 8.37. The summed E-state index contributed by atoms with van der Waals surface area (Å²) in [5, 5.41) is 9.39. The lowest BCUT2D eigenvalue weighted by Crippen LogP contribution is -2.31. The summed E-state index contributed by atoms with van der Waals surface area (Å²) in [5.41, 5.74) is 4.86. The van der Waals surface area contributed by atoms with Gasteiger partial charge in [0.25, 0.3) is 0 Å². The Balaban J connectivity index is 1.55. The lowest BCUT2D eigenvalue weighted by molar-refractivity contribution is 0.252. The molecule has 0 spiro atoms. The number of urea groups is 1. The Kier molecular flexibility index (Phi) is 4.78. The van der Waals surface area contributed by atoms with Gasteiger partial charge in [0, 0.05) is 24.4 Å². The van der Waals surface area contributed by atoms with Crippen molar-refractivity contribution in [3.8, 4) is 0 Å². The molecule has 2 N–H and O–H groups in total. The molecule has 24 heavy (non-hydrogen) atoms. The lowest BCUT2D eigenvalue weighted by Gasteiger charge is -2.17. The molecule has 7 heteroatoms. The summed E-state index contributed by atoms with van der Waals surface area (Å²) in [4.78, 5) is 21.2. The number of fused-ring (bicyclic) bond motifs is 1. The Labute approximate surface area is 141 Å². The standard InChI is InChI=1S/C17H23N5O2/c1-10-13-6-4-5-7-14(13)20-15(19-10)8-9-18-17(23)21-16-11(2)22-24-12(16)3/h4-9H2,1-3H3,(H2,18,21,23). The number of hydrogen-bond donors (Lipinski definition) is 2. The van der Waals surface area contributed by atoms with Crippen molar-refractivity contribution in [3.63, 3.8) is 0 Å². The molecular formula is C17H23N5O2. The Morgan fingerprint density at radius 2 is 1.92 bits per heavy atom. The van der Waals surface area contributed by atoms with Crippen molar-refractivity contribution in [2.45, 2.75) is 52.9 Å². The Morgan fingerprint density at radius 3 is 2.67 bits per heavy atom. The van der Waals surface area contributed by atoms with E-state index in [-0.39, 0.29) is 6.03 Å². The molecule has 0 bridgehead atoms. The second-order valence-electron chi connectivity index (χ2n) is 6.19. The third-order valence-corrected chi connectivity index (χ3v) is 4.34. The van der Waals surface area contributed by atoms with Crippen molar-refractivity contribution in [2.24, 2.45) is 0 Å². The van der Waals surface area contributed by atoms with Gasteiger partial charge in [-0.1, -0.05) is 5.16 Å². The highest BCUT2D eigenvalue weighted by molar-refractivity contribution is 5.90. The molecule has 0 atom stereocenters. The summed E-state index contributed by atoms with van der Waals surface area (Å²) < 4.78 is 5.02. The molecule has 7 nitrogen and oxygen atoms in total. The van der Waals surface area contributed by atoms with E-state index in [0.29, 0.717) is 30.1 Å². The Hall–Kier alpha value is -2.44. The van der Waals surface area contributed by atoms with Crippen LogP contribution in [0.2, 0.25) is 0 Å². The average molecular weight is 329 g/mol. The molecule has 0 saturated heterocycles. The van der Waals surface area contributed by atoms with Crippen LogP contribution < -0.4 is 10.6 Å². The monoisotopic (exact) mass is 329 g/mol. The minimum Gasteiger partial charge on any atom is -0.359 e. The van der Waals surface area contributed by atoms with Gasteiger partial charge in [0.05, 0.1) is 0 Å². The third-order valence-electron chi connectivity index (χ3n) is 4.34. The maximum Gasteiger partial charge on any atom is 0.319 e. The summed E-state index contributed by atoms with van der Waals surface area (Å²) >= 11 is 0. The first-order valence-electron chi connectivity index (χ1n) is 8.37. The van der Waals surface area contributed by atoms with Gasteiger partial charge in [-0.15, -0.1) is 0 Å². The first kappa shape index (κ1) is 16.4. The van der Waals surface area contributed by atoms with Crippen LogP contribution in [0.15, 0.2) is 4.52 Å². The van der Waals surface area contributed by atoms with E-state index < -0.39 is 0 Å². The normalized spacial score (nSPS) is 13.5. The van der Waals surface area contributed by atoms with Crippen molar-refractivity contribution in [2.75, 3.05) is 11.9 Å². The molecule has 0 aromatic carbocycles. The molecule has 2 aromatic rings. The zero-order valence-corrected chi connectivity index (χ0v) is 14.4. The maximum absolute atomic E-state index is 12.0. The Bertz CT molecular complexity index is 734. The van der Waals surface area contributed by atoms with Gasteiger partial charge >= 0.3 is 6.03 Å². The van der Waals surface area contributed by atoms with Gasteiger partial charge in [0.1, 0.15) is 17.2 Å². The topological polar surface area (TPSA) is 92.9 Å². The largest absolute Gasteiger partial charge is 0.359 e. The van der Waals surface area contributed by atoms with Gasteiger partial charge < -0.3 is 15.2 Å². The number of amides is 2. The van der Waals surface area contributed by atoms with E-state index in [1.165, 1.54) is 24.1 Å². The number of anilines is 1. The van der Waals surface area contributed by atoms with E-state index in [0.717, 1.165) is 24.4 Å². The van der Waals surface area contributed by atoms with Crippen LogP contribution in [0.3, 0.4) is 0 Å². The molecule has 2 aromatic heterocycles. The SMILES string of the molecule is Cc1nc(CCNC(=O)Nc2c(C)noc2C)nc2c1CCCC2. The van der Waals surface area contributed by atoms with Crippen LogP contribution in [0.1, 0.15) is 47.1 Å². The van der Waals surface area contributed by atoms with E-state index in [4.69, 9.17) is 4.52 Å². The number of carbonyl (C=O) groups excluding carboxylic acids is 1. The smallest absolute Gasteiger partial charge is 0.319 e. The molecule has 0 radical (unpaired) electrons. The number of aromatic nitrogens is 3. The zero-order chi connectivity index (χ0) is 17.1. The average Bonchev–Trinajstić information content (AvgIpc) is 2.87. The first-order chi connectivity index (χ1) is 11.5. The predicted molar refractivity (Wildman–Crippen MR) is 90.1 cm³/mol. The summed E-state index contributed by atoms with van der Waals surface area (Å²) in [5.74, 6) is 1.39. The number of nitrogens with one attached hydrogen (secondary N) is 2. The van der Waals surface area contributed by atoms with Crippen LogP contribution in [-0.4, -0.2) is 27.7 Å². The second-order valence-corrected chi connectivity index (χ2v) is 6.19. The number of aryl methyl sites for hydroxylation is 4. The van der Waals surface area contributed by atoms with Gasteiger partial charge in [-0.25, -0.2) is 14.8 Å². The quantitative estimate of drug-likeness (QED) is 0.899. The lowest BCUT2D eigenvalue weighted by atomic mass is 9.95. The molecule has 2 heterocycles. The second kappa shape index (κ2) is 6.98. The van der Waals surface area contributed by atoms with Crippen molar-refractivity contribution in [3.05, 3.63) is 34.2 Å². The third kappa shape index (κ3) is 3.55. The van der Waals surface area contributed by atoms with Gasteiger partial charge in [-0.3, -0.25) is 0 Å². The minimum atomic E-state index is -0.279. The Morgan fingerprint density at radius 1 is 1.12 bits per heavy atom. The van der Waals surface area contributed by atoms with E-state index in [1.807, 2.05) is 6.92 Å². The number of carbonyl (C=O) groups is 1. The van der Waals surface area contributed by atoms with Crippen molar-refractivity contribution < 1.29 is 9.32 Å². The molecule has 2 amide bonds. The summed E-state index contributed by atoms with van der Waals surface area (Å²) in [6.45, 7) is 6.08. The highest BCUT2D eigenvalue weighted by Gasteiger charge is 2.16. The summed E-state index contributed by atoms with van der Waals surface area (Å²) in [7, 11) is 0. The number of hydrogen-bond acceptors (Lipinski definition) is 5. The predicted octanol–water partition coefficient (Wildman–Crippen LogP) is 2.63. The van der Waals surface area contributed by atoms with Gasteiger partial charge in [-0.05, 0) is 52.0 Å². The van der Waals surface area contributed by atoms with E-state index >= 15 is 0 Å². The number of nitrogens with zero attached hydrogens (tertiary/aromatic N) is 3. The van der Waals surface area contributed by atoms with Crippen LogP contribution >= 0.6 is 0 Å². The van der Waals surface area contributed by atoms with Crippen LogP contribution in [-0.2, 0) is 19.3 Å². The van der Waals surface area contributed by atoms with Crippen LogP contribution in [0.4, 0.5) is 10.5 Å². The maximum atomic E-state index is 12.0. The number of rotatable bonds is 4. The molecule has 0 aliphatic heterocycles. The van der Waals surface area contributed by atoms with E-state index in [2.05, 4.69) is 25.8 Å².